The highest BCUT2D eigenvalue weighted by molar-refractivity contribution is 7.21. The van der Waals surface area contributed by atoms with Crippen LogP contribution in [-0.2, 0) is 6.37 Å². The Hall–Kier alpha value is -2.87. The fourth-order valence-electron chi connectivity index (χ4n) is 4.11. The summed E-state index contributed by atoms with van der Waals surface area (Å²) in [6.45, 7) is 3.42. The first-order valence-corrected chi connectivity index (χ1v) is 11.3. The van der Waals surface area contributed by atoms with Crippen LogP contribution in [0.2, 0.25) is 0 Å². The number of hydrogen-bond acceptors (Lipinski definition) is 6. The summed E-state index contributed by atoms with van der Waals surface area (Å²) in [5.41, 5.74) is 7.81. The predicted octanol–water partition coefficient (Wildman–Crippen LogP) is 4.05. The van der Waals surface area contributed by atoms with Crippen molar-refractivity contribution in [2.75, 3.05) is 30.3 Å². The van der Waals surface area contributed by atoms with Gasteiger partial charge >= 0.3 is 0 Å². The largest absolute Gasteiger partial charge is 0.491 e. The molecule has 2 aromatic heterocycles. The highest BCUT2D eigenvalue weighted by Gasteiger charge is 2.27. The lowest BCUT2D eigenvalue weighted by Gasteiger charge is -2.31. The van der Waals surface area contributed by atoms with E-state index in [-0.39, 0.29) is 22.8 Å². The van der Waals surface area contributed by atoms with Crippen LogP contribution in [0.4, 0.5) is 15.8 Å². The number of nitrogens with two attached hydrogens (primary N) is 1. The fourth-order valence-corrected chi connectivity index (χ4v) is 5.15. The number of piperidine rings is 1. The van der Waals surface area contributed by atoms with Gasteiger partial charge < -0.3 is 20.7 Å². The number of hydrogen-bond donors (Lipinski definition) is 2. The van der Waals surface area contributed by atoms with Gasteiger partial charge in [-0.3, -0.25) is 4.79 Å². The highest BCUT2D eigenvalue weighted by atomic mass is 32.1. The van der Waals surface area contributed by atoms with Gasteiger partial charge in [0.05, 0.1) is 11.7 Å². The quantitative estimate of drug-likeness (QED) is 0.640. The maximum Gasteiger partial charge on any atom is 0.263 e. The Labute approximate surface area is 187 Å². The first-order valence-electron chi connectivity index (χ1n) is 11.4. The number of carbonyl (C=O) groups excluding carboxylic acids is 1. The summed E-state index contributed by atoms with van der Waals surface area (Å²) >= 11 is 1.15. The van der Waals surface area contributed by atoms with Gasteiger partial charge in [-0.2, -0.15) is 0 Å². The first-order chi connectivity index (χ1) is 15.8. The number of thiophene rings is 1. The van der Waals surface area contributed by atoms with Gasteiger partial charge in [-0.25, -0.2) is 9.37 Å². The van der Waals surface area contributed by atoms with Crippen molar-refractivity contribution in [3.63, 3.8) is 0 Å². The third-order valence-electron chi connectivity index (χ3n) is 5.73. The zero-order valence-corrected chi connectivity index (χ0v) is 18.0. The molecule has 0 bridgehead atoms. The molecule has 0 spiro atoms. The fraction of sp³-hybridized carbons (Fsp3) is 0.391. The van der Waals surface area contributed by atoms with E-state index in [1.54, 1.807) is 6.07 Å². The van der Waals surface area contributed by atoms with E-state index in [9.17, 15) is 4.79 Å². The summed E-state index contributed by atoms with van der Waals surface area (Å²) in [6.07, 6.45) is 1.09. The van der Waals surface area contributed by atoms with E-state index in [2.05, 4.69) is 15.2 Å². The monoisotopic (exact) mass is 442 g/mol. The molecule has 2 aliphatic rings. The average molecular weight is 443 g/mol. The Kier molecular flexibility index (Phi) is 4.58. The van der Waals surface area contributed by atoms with Crippen molar-refractivity contribution in [2.24, 2.45) is 0 Å². The standard InChI is InChI=1S/C23H25FN4O2S/c1-13-5-6-16-20(25)21(31-23(16)26-13)22(29)27-14-9-17-18(24)10-15(11-19(17)30-12-14)28-7-3-2-4-8-28/h5-6,10-11,14H,2-4,7-9,12,25H2,1H3,(H,27,29)/t14-/m0/s1/i9D2. The summed E-state index contributed by atoms with van der Waals surface area (Å²) in [5.74, 6) is -1.01. The Bertz CT molecular complexity index is 1240. The molecule has 3 N–H and O–H groups in total. The van der Waals surface area contributed by atoms with E-state index in [1.165, 1.54) is 6.07 Å². The van der Waals surface area contributed by atoms with Gasteiger partial charge in [-0.1, -0.05) is 0 Å². The predicted molar refractivity (Wildman–Crippen MR) is 122 cm³/mol. The number of benzene rings is 1. The van der Waals surface area contributed by atoms with E-state index in [0.29, 0.717) is 21.6 Å². The topological polar surface area (TPSA) is 80.5 Å². The molecular weight excluding hydrogens is 415 g/mol. The van der Waals surface area contributed by atoms with Crippen LogP contribution in [-0.4, -0.2) is 36.6 Å². The molecule has 2 aliphatic heterocycles. The second-order valence-corrected chi connectivity index (χ2v) is 8.98. The number of aromatic nitrogens is 1. The highest BCUT2D eigenvalue weighted by Crippen LogP contribution is 2.35. The normalized spacial score (nSPS) is 21.1. The van der Waals surface area contributed by atoms with Gasteiger partial charge in [0.15, 0.2) is 0 Å². The summed E-state index contributed by atoms with van der Waals surface area (Å²) in [7, 11) is 0. The lowest BCUT2D eigenvalue weighted by atomic mass is 10.0. The molecule has 6 nitrogen and oxygen atoms in total. The van der Waals surface area contributed by atoms with Crippen LogP contribution in [0.1, 0.15) is 42.9 Å². The summed E-state index contributed by atoms with van der Waals surface area (Å²) in [6, 6.07) is 5.63. The second kappa shape index (κ2) is 8.00. The molecule has 31 heavy (non-hydrogen) atoms. The van der Waals surface area contributed by atoms with Crippen LogP contribution in [0.3, 0.4) is 0 Å². The van der Waals surface area contributed by atoms with E-state index in [0.717, 1.165) is 49.4 Å². The van der Waals surface area contributed by atoms with Crippen LogP contribution in [0.5, 0.6) is 5.75 Å². The minimum Gasteiger partial charge on any atom is -0.491 e. The number of aryl methyl sites for hydroxylation is 1. The lowest BCUT2D eigenvalue weighted by Crippen LogP contribution is -2.43. The van der Waals surface area contributed by atoms with Gasteiger partial charge in [-0.05, 0) is 44.4 Å². The van der Waals surface area contributed by atoms with Gasteiger partial charge in [0, 0.05) is 50.6 Å². The summed E-state index contributed by atoms with van der Waals surface area (Å²) in [5, 5.41) is 3.36. The third kappa shape index (κ3) is 3.80. The molecule has 1 aromatic carbocycles. The average Bonchev–Trinajstić information content (AvgIpc) is 3.11. The molecule has 8 heteroatoms. The molecule has 4 heterocycles. The number of rotatable bonds is 3. The zero-order chi connectivity index (χ0) is 23.3. The van der Waals surface area contributed by atoms with Gasteiger partial charge in [0.2, 0.25) is 0 Å². The molecule has 1 atom stereocenters. The molecule has 3 aromatic rings. The van der Waals surface area contributed by atoms with Crippen molar-refractivity contribution in [1.82, 2.24) is 10.3 Å². The van der Waals surface area contributed by atoms with Crippen molar-refractivity contribution in [3.8, 4) is 5.75 Å². The maximum absolute atomic E-state index is 15.2. The number of carbonyl (C=O) groups is 1. The third-order valence-corrected chi connectivity index (χ3v) is 6.84. The summed E-state index contributed by atoms with van der Waals surface area (Å²) in [4.78, 5) is 20.4. The van der Waals surface area contributed by atoms with Gasteiger partial charge in [0.1, 0.15) is 27.9 Å². The van der Waals surface area contributed by atoms with Crippen molar-refractivity contribution >= 4 is 38.8 Å². The molecular formula is C23H25FN4O2S. The molecule has 0 aliphatic carbocycles. The van der Waals surface area contributed by atoms with Crippen molar-refractivity contribution in [2.45, 2.75) is 38.6 Å². The van der Waals surface area contributed by atoms with E-state index >= 15 is 4.39 Å². The molecule has 1 amide bonds. The van der Waals surface area contributed by atoms with Crippen molar-refractivity contribution < 1.29 is 16.7 Å². The number of nitrogens with zero attached hydrogens (tertiary/aromatic N) is 2. The lowest BCUT2D eigenvalue weighted by molar-refractivity contribution is 0.0919. The Balaban J connectivity index is 1.41. The van der Waals surface area contributed by atoms with Crippen LogP contribution in [0.15, 0.2) is 24.3 Å². The molecule has 0 unspecified atom stereocenters. The van der Waals surface area contributed by atoms with Crippen LogP contribution in [0.25, 0.3) is 10.2 Å². The number of ether oxygens (including phenoxy) is 1. The van der Waals surface area contributed by atoms with Crippen LogP contribution < -0.4 is 20.7 Å². The molecule has 1 fully saturated rings. The molecule has 0 saturated carbocycles. The first kappa shape index (κ1) is 17.8. The number of nitrogens with one attached hydrogen (secondary N) is 1. The minimum absolute atomic E-state index is 0.114. The zero-order valence-electron chi connectivity index (χ0n) is 19.2. The summed E-state index contributed by atoms with van der Waals surface area (Å²) < 4.78 is 38.2. The molecule has 0 radical (unpaired) electrons. The van der Waals surface area contributed by atoms with Crippen LogP contribution in [0, 0.1) is 12.7 Å². The van der Waals surface area contributed by atoms with Gasteiger partial charge in [0.25, 0.3) is 5.91 Å². The number of nitrogen functional groups attached to an aromatic ring is 1. The van der Waals surface area contributed by atoms with E-state index < -0.39 is 24.1 Å². The molecule has 1 saturated heterocycles. The number of pyridine rings is 1. The van der Waals surface area contributed by atoms with Gasteiger partial charge in [-0.15, -0.1) is 11.3 Å². The second-order valence-electron chi connectivity index (χ2n) is 7.98. The van der Waals surface area contributed by atoms with Crippen molar-refractivity contribution in [3.05, 3.63) is 46.2 Å². The SMILES string of the molecule is [2H]C1([2H])c2c(F)cc(N3CCCCC3)cc2OC[C@H]1NC(=O)c1sc2nc(C)ccc2c1N. The maximum atomic E-state index is 15.2. The Morgan fingerprint density at radius 3 is 2.97 bits per heavy atom. The Morgan fingerprint density at radius 2 is 2.16 bits per heavy atom. The van der Waals surface area contributed by atoms with E-state index in [1.807, 2.05) is 19.1 Å². The van der Waals surface area contributed by atoms with Crippen LogP contribution >= 0.6 is 11.3 Å². The number of halogens is 1. The Morgan fingerprint density at radius 1 is 1.35 bits per heavy atom. The number of amides is 1. The molecule has 5 rings (SSSR count). The minimum atomic E-state index is -2.16. The number of fused-ring (bicyclic) bond motifs is 2. The smallest absolute Gasteiger partial charge is 0.263 e. The van der Waals surface area contributed by atoms with E-state index in [4.69, 9.17) is 13.2 Å². The molecule has 162 valence electrons. The van der Waals surface area contributed by atoms with Crippen molar-refractivity contribution in [1.29, 1.82) is 0 Å². The number of anilines is 2.